The topological polar surface area (TPSA) is 73.6 Å². The van der Waals surface area contributed by atoms with E-state index in [0.29, 0.717) is 18.5 Å². The Hall–Kier alpha value is -1.73. The Morgan fingerprint density at radius 3 is 2.82 bits per heavy atom. The number of nitrogens with one attached hydrogen (secondary N) is 1. The molecule has 0 radical (unpaired) electrons. The zero-order valence-electron chi connectivity index (χ0n) is 12.3. The number of amides is 1. The van der Waals surface area contributed by atoms with Crippen molar-refractivity contribution in [1.29, 1.82) is 0 Å². The van der Waals surface area contributed by atoms with E-state index in [-0.39, 0.29) is 17.8 Å². The van der Waals surface area contributed by atoms with Crippen molar-refractivity contribution >= 4 is 5.91 Å². The summed E-state index contributed by atoms with van der Waals surface area (Å²) < 4.78 is 34.8. The quantitative estimate of drug-likeness (QED) is 0.842. The molecular weight excluding hydrogens is 294 g/mol. The molecule has 1 amide bonds. The molecule has 1 fully saturated rings. The fourth-order valence-corrected chi connectivity index (χ4v) is 2.50. The smallest absolute Gasteiger partial charge is 0.387 e. The molecule has 1 heterocycles. The molecule has 1 aliphatic heterocycles. The molecule has 0 bridgehead atoms. The van der Waals surface area contributed by atoms with Crippen LogP contribution < -0.4 is 15.8 Å². The molecule has 0 aromatic heterocycles. The third kappa shape index (κ3) is 4.14. The Morgan fingerprint density at radius 1 is 1.45 bits per heavy atom. The lowest BCUT2D eigenvalue weighted by atomic mass is 10.1. The summed E-state index contributed by atoms with van der Waals surface area (Å²) in [6, 6.07) is 5.92. The standard InChI is InChI=1S/C15H20F2N2O3/c1-9(11-4-2-3-5-12(11)22-15(16)17)19-14(20)13-7-6-10(8-18)21-13/h2-5,9-10,13,15H,6-8,18H2,1H3,(H,19,20)/t9?,10-,13+/m1/s1. The van der Waals surface area contributed by atoms with Gasteiger partial charge in [-0.15, -0.1) is 0 Å². The minimum atomic E-state index is -2.91. The number of carbonyl (C=O) groups excluding carboxylic acids is 1. The summed E-state index contributed by atoms with van der Waals surface area (Å²) in [4.78, 5) is 12.2. The summed E-state index contributed by atoms with van der Waals surface area (Å²) in [6.07, 6.45) is 0.712. The van der Waals surface area contributed by atoms with Crippen LogP contribution in [0.1, 0.15) is 31.4 Å². The van der Waals surface area contributed by atoms with Gasteiger partial charge in [-0.3, -0.25) is 4.79 Å². The van der Waals surface area contributed by atoms with Crippen LogP contribution in [0.2, 0.25) is 0 Å². The number of nitrogens with two attached hydrogens (primary N) is 1. The molecule has 7 heteroatoms. The normalized spacial score (nSPS) is 22.6. The molecule has 5 nitrogen and oxygen atoms in total. The number of hydrogen-bond acceptors (Lipinski definition) is 4. The van der Waals surface area contributed by atoms with Gasteiger partial charge in [0.05, 0.1) is 12.1 Å². The highest BCUT2D eigenvalue weighted by Gasteiger charge is 2.30. The molecule has 1 aliphatic rings. The Morgan fingerprint density at radius 2 is 2.18 bits per heavy atom. The Kier molecular flexibility index (Phi) is 5.68. The number of halogens is 2. The van der Waals surface area contributed by atoms with Gasteiger partial charge in [0, 0.05) is 12.1 Å². The Labute approximate surface area is 127 Å². The van der Waals surface area contributed by atoms with Crippen LogP contribution in [-0.4, -0.2) is 31.3 Å². The lowest BCUT2D eigenvalue weighted by Crippen LogP contribution is -2.37. The zero-order valence-corrected chi connectivity index (χ0v) is 12.3. The molecular formula is C15H20F2N2O3. The van der Waals surface area contributed by atoms with Crippen LogP contribution in [0.4, 0.5) is 8.78 Å². The van der Waals surface area contributed by atoms with E-state index in [0.717, 1.165) is 6.42 Å². The average Bonchev–Trinajstić information content (AvgIpc) is 2.96. The van der Waals surface area contributed by atoms with E-state index in [1.807, 2.05) is 0 Å². The molecule has 3 N–H and O–H groups in total. The van der Waals surface area contributed by atoms with Crippen molar-refractivity contribution in [2.75, 3.05) is 6.54 Å². The minimum Gasteiger partial charge on any atom is -0.434 e. The van der Waals surface area contributed by atoms with E-state index in [1.54, 1.807) is 25.1 Å². The van der Waals surface area contributed by atoms with Crippen LogP contribution in [0.3, 0.4) is 0 Å². The predicted molar refractivity (Wildman–Crippen MR) is 76.6 cm³/mol. The first kappa shape index (κ1) is 16.6. The summed E-state index contributed by atoms with van der Waals surface area (Å²) >= 11 is 0. The van der Waals surface area contributed by atoms with Gasteiger partial charge in [0.2, 0.25) is 5.91 Å². The largest absolute Gasteiger partial charge is 0.434 e. The molecule has 0 aliphatic carbocycles. The summed E-state index contributed by atoms with van der Waals surface area (Å²) in [6.45, 7) is -0.821. The van der Waals surface area contributed by atoms with E-state index >= 15 is 0 Å². The van der Waals surface area contributed by atoms with E-state index in [4.69, 9.17) is 10.5 Å². The minimum absolute atomic E-state index is 0.0532. The second kappa shape index (κ2) is 7.51. The van der Waals surface area contributed by atoms with E-state index in [9.17, 15) is 13.6 Å². The molecule has 0 spiro atoms. The van der Waals surface area contributed by atoms with Crippen molar-refractivity contribution in [2.24, 2.45) is 5.73 Å². The summed E-state index contributed by atoms with van der Waals surface area (Å²) in [5, 5.41) is 2.77. The lowest BCUT2D eigenvalue weighted by Gasteiger charge is -2.20. The molecule has 1 aromatic carbocycles. The van der Waals surface area contributed by atoms with Crippen LogP contribution in [0.5, 0.6) is 5.75 Å². The second-order valence-corrected chi connectivity index (χ2v) is 5.21. The van der Waals surface area contributed by atoms with Gasteiger partial charge in [-0.05, 0) is 25.8 Å². The van der Waals surface area contributed by atoms with Crippen LogP contribution >= 0.6 is 0 Å². The molecule has 1 saturated heterocycles. The Bertz CT molecular complexity index is 513. The highest BCUT2D eigenvalue weighted by Crippen LogP contribution is 2.27. The van der Waals surface area contributed by atoms with E-state index in [1.165, 1.54) is 6.07 Å². The third-order valence-electron chi connectivity index (χ3n) is 3.62. The highest BCUT2D eigenvalue weighted by atomic mass is 19.3. The maximum Gasteiger partial charge on any atom is 0.387 e. The van der Waals surface area contributed by atoms with Gasteiger partial charge >= 0.3 is 6.61 Å². The van der Waals surface area contributed by atoms with Gasteiger partial charge in [0.25, 0.3) is 0 Å². The summed E-state index contributed by atoms with van der Waals surface area (Å²) in [5.74, 6) is -0.215. The van der Waals surface area contributed by atoms with Crippen LogP contribution in [0, 0.1) is 0 Å². The Balaban J connectivity index is 2.00. The first-order valence-electron chi connectivity index (χ1n) is 7.21. The van der Waals surface area contributed by atoms with Crippen molar-refractivity contribution in [3.8, 4) is 5.75 Å². The fourth-order valence-electron chi connectivity index (χ4n) is 2.50. The predicted octanol–water partition coefficient (Wildman–Crippen LogP) is 1.97. The third-order valence-corrected chi connectivity index (χ3v) is 3.62. The number of alkyl halides is 2. The van der Waals surface area contributed by atoms with Crippen LogP contribution in [-0.2, 0) is 9.53 Å². The molecule has 1 unspecified atom stereocenters. The number of rotatable bonds is 6. The zero-order chi connectivity index (χ0) is 16.1. The number of para-hydroxylation sites is 1. The van der Waals surface area contributed by atoms with Crippen molar-refractivity contribution in [2.45, 2.75) is 44.6 Å². The van der Waals surface area contributed by atoms with Crippen molar-refractivity contribution in [3.05, 3.63) is 29.8 Å². The molecule has 1 aromatic rings. The summed E-state index contributed by atoms with van der Waals surface area (Å²) in [7, 11) is 0. The van der Waals surface area contributed by atoms with Gasteiger partial charge in [-0.1, -0.05) is 18.2 Å². The van der Waals surface area contributed by atoms with Crippen molar-refractivity contribution < 1.29 is 23.0 Å². The number of carbonyl (C=O) groups is 1. The maximum absolute atomic E-state index is 12.4. The number of ether oxygens (including phenoxy) is 2. The van der Waals surface area contributed by atoms with Crippen molar-refractivity contribution in [1.82, 2.24) is 5.32 Å². The lowest BCUT2D eigenvalue weighted by molar-refractivity contribution is -0.132. The molecule has 3 atom stereocenters. The molecule has 0 saturated carbocycles. The first-order valence-corrected chi connectivity index (χ1v) is 7.21. The molecule has 122 valence electrons. The van der Waals surface area contributed by atoms with Crippen LogP contribution in [0.25, 0.3) is 0 Å². The highest BCUT2D eigenvalue weighted by molar-refractivity contribution is 5.81. The average molecular weight is 314 g/mol. The van der Waals surface area contributed by atoms with Gasteiger partial charge in [0.1, 0.15) is 11.9 Å². The summed E-state index contributed by atoms with van der Waals surface area (Å²) in [5.41, 5.74) is 6.00. The fraction of sp³-hybridized carbons (Fsp3) is 0.533. The van der Waals surface area contributed by atoms with Gasteiger partial charge in [-0.25, -0.2) is 0 Å². The second-order valence-electron chi connectivity index (χ2n) is 5.21. The van der Waals surface area contributed by atoms with Crippen molar-refractivity contribution in [3.63, 3.8) is 0 Å². The molecule has 22 heavy (non-hydrogen) atoms. The monoisotopic (exact) mass is 314 g/mol. The van der Waals surface area contributed by atoms with Gasteiger partial charge in [0.15, 0.2) is 0 Å². The number of hydrogen-bond donors (Lipinski definition) is 2. The number of benzene rings is 1. The molecule has 2 rings (SSSR count). The van der Waals surface area contributed by atoms with Crippen LogP contribution in [0.15, 0.2) is 24.3 Å². The van der Waals surface area contributed by atoms with Gasteiger partial charge < -0.3 is 20.5 Å². The van der Waals surface area contributed by atoms with E-state index in [2.05, 4.69) is 10.1 Å². The SMILES string of the molecule is CC(NC(=O)[C@@H]1CC[C@H](CN)O1)c1ccccc1OC(F)F. The first-order chi connectivity index (χ1) is 10.5. The van der Waals surface area contributed by atoms with E-state index < -0.39 is 18.8 Å². The van der Waals surface area contributed by atoms with Gasteiger partial charge in [-0.2, -0.15) is 8.78 Å². The maximum atomic E-state index is 12.4.